The second-order valence-electron chi connectivity index (χ2n) is 5.18. The summed E-state index contributed by atoms with van der Waals surface area (Å²) in [6.07, 6.45) is 0. The molecule has 0 spiro atoms. The topological polar surface area (TPSA) is 50.4 Å². The van der Waals surface area contributed by atoms with Gasteiger partial charge in [-0.15, -0.1) is 0 Å². The number of carbonyl (C=O) groups excluding carboxylic acids is 1. The Morgan fingerprint density at radius 1 is 1.25 bits per heavy atom. The van der Waals surface area contributed by atoms with E-state index >= 15 is 0 Å². The number of halogens is 2. The van der Waals surface area contributed by atoms with Gasteiger partial charge >= 0.3 is 0 Å². The molecule has 0 aliphatic carbocycles. The first kappa shape index (κ1) is 18.7. The van der Waals surface area contributed by atoms with Crippen molar-refractivity contribution in [1.29, 1.82) is 0 Å². The normalized spacial score (nSPS) is 10.2. The van der Waals surface area contributed by atoms with Crippen molar-refractivity contribution in [2.24, 2.45) is 0 Å². The fourth-order valence-corrected chi connectivity index (χ4v) is 2.96. The zero-order chi connectivity index (χ0) is 17.7. The van der Waals surface area contributed by atoms with Crippen LogP contribution >= 0.6 is 39.7 Å². The van der Waals surface area contributed by atoms with Crippen LogP contribution in [0.3, 0.4) is 0 Å². The second-order valence-corrected chi connectivity index (χ2v) is 6.92. The average Bonchev–Trinajstić information content (AvgIpc) is 2.49. The number of benzene rings is 2. The molecule has 24 heavy (non-hydrogen) atoms. The highest BCUT2D eigenvalue weighted by Gasteiger charge is 2.09. The summed E-state index contributed by atoms with van der Waals surface area (Å²) in [6, 6.07) is 11.1. The molecule has 2 rings (SSSR count). The molecule has 0 saturated carbocycles. The predicted octanol–water partition coefficient (Wildman–Crippen LogP) is 4.61. The minimum Gasteiger partial charge on any atom is -0.482 e. The van der Waals surface area contributed by atoms with Crippen molar-refractivity contribution in [3.63, 3.8) is 0 Å². The van der Waals surface area contributed by atoms with Gasteiger partial charge in [0.05, 0.1) is 5.02 Å². The van der Waals surface area contributed by atoms with Gasteiger partial charge in [0.25, 0.3) is 5.91 Å². The van der Waals surface area contributed by atoms with Crippen molar-refractivity contribution in [2.75, 3.05) is 11.9 Å². The van der Waals surface area contributed by atoms with Crippen LogP contribution in [0.25, 0.3) is 0 Å². The third kappa shape index (κ3) is 5.47. The number of aryl methyl sites for hydroxylation is 2. The summed E-state index contributed by atoms with van der Waals surface area (Å²) in [5.41, 5.74) is 3.06. The highest BCUT2D eigenvalue weighted by molar-refractivity contribution is 9.10. The third-order valence-corrected chi connectivity index (χ3v) is 4.13. The number of carbonyl (C=O) groups is 1. The number of amides is 1. The minimum absolute atomic E-state index is 0.184. The fourth-order valence-electron chi connectivity index (χ4n) is 2.01. The number of rotatable bonds is 4. The maximum Gasteiger partial charge on any atom is 0.264 e. The van der Waals surface area contributed by atoms with Gasteiger partial charge in [0.1, 0.15) is 5.75 Å². The molecule has 0 aliphatic heterocycles. The van der Waals surface area contributed by atoms with E-state index in [0.29, 0.717) is 10.8 Å². The van der Waals surface area contributed by atoms with Gasteiger partial charge < -0.3 is 10.1 Å². The number of thiocarbonyl (C=S) groups is 1. The number of hydrogen-bond donors (Lipinski definition) is 2. The summed E-state index contributed by atoms with van der Waals surface area (Å²) in [7, 11) is 0. The molecule has 1 amide bonds. The van der Waals surface area contributed by atoms with Gasteiger partial charge in [0.2, 0.25) is 0 Å². The Balaban J connectivity index is 1.86. The molecule has 0 aliphatic rings. The summed E-state index contributed by atoms with van der Waals surface area (Å²) >= 11 is 14.5. The van der Waals surface area contributed by atoms with E-state index < -0.39 is 0 Å². The van der Waals surface area contributed by atoms with E-state index in [1.165, 1.54) is 0 Å². The molecule has 0 atom stereocenters. The van der Waals surface area contributed by atoms with Gasteiger partial charge in [-0.25, -0.2) is 0 Å². The van der Waals surface area contributed by atoms with Crippen LogP contribution in [-0.4, -0.2) is 17.6 Å². The SMILES string of the molecule is Cc1ccc(NC(=S)NC(=O)COc2ccc(Br)cc2Cl)c(C)c1. The van der Waals surface area contributed by atoms with E-state index in [0.717, 1.165) is 21.3 Å². The zero-order valence-electron chi connectivity index (χ0n) is 13.2. The van der Waals surface area contributed by atoms with E-state index in [1.807, 2.05) is 32.0 Å². The largest absolute Gasteiger partial charge is 0.482 e. The lowest BCUT2D eigenvalue weighted by Gasteiger charge is -2.13. The highest BCUT2D eigenvalue weighted by atomic mass is 79.9. The first-order valence-electron chi connectivity index (χ1n) is 7.11. The van der Waals surface area contributed by atoms with Crippen LogP contribution in [0.2, 0.25) is 5.02 Å². The van der Waals surface area contributed by atoms with Crippen molar-refractivity contribution in [1.82, 2.24) is 5.32 Å². The number of anilines is 1. The maximum absolute atomic E-state index is 11.9. The lowest BCUT2D eigenvalue weighted by atomic mass is 10.1. The minimum atomic E-state index is -0.365. The van der Waals surface area contributed by atoms with Crippen molar-refractivity contribution in [2.45, 2.75) is 13.8 Å². The van der Waals surface area contributed by atoms with Crippen LogP contribution in [0.1, 0.15) is 11.1 Å². The van der Waals surface area contributed by atoms with Gasteiger partial charge in [-0.2, -0.15) is 0 Å². The van der Waals surface area contributed by atoms with Gasteiger partial charge in [0.15, 0.2) is 11.7 Å². The second kappa shape index (κ2) is 8.46. The standard InChI is InChI=1S/C17H16BrClN2O2S/c1-10-3-5-14(11(2)7-10)20-17(24)21-16(22)9-23-15-6-4-12(18)8-13(15)19/h3-8H,9H2,1-2H3,(H2,20,21,22,24). The monoisotopic (exact) mass is 426 g/mol. The summed E-state index contributed by atoms with van der Waals surface area (Å²) in [5, 5.41) is 6.22. The predicted molar refractivity (Wildman–Crippen MR) is 105 cm³/mol. The van der Waals surface area contributed by atoms with Gasteiger partial charge in [0, 0.05) is 10.2 Å². The number of ether oxygens (including phenoxy) is 1. The van der Waals surface area contributed by atoms with Gasteiger partial charge in [-0.1, -0.05) is 45.2 Å². The molecule has 0 heterocycles. The molecule has 0 aromatic heterocycles. The molecule has 4 nitrogen and oxygen atoms in total. The smallest absolute Gasteiger partial charge is 0.264 e. The average molecular weight is 428 g/mol. The van der Waals surface area contributed by atoms with E-state index in [4.69, 9.17) is 28.6 Å². The molecule has 0 bridgehead atoms. The highest BCUT2D eigenvalue weighted by Crippen LogP contribution is 2.27. The molecule has 0 radical (unpaired) electrons. The summed E-state index contributed by atoms with van der Waals surface area (Å²) in [4.78, 5) is 11.9. The van der Waals surface area contributed by atoms with Crippen LogP contribution in [0, 0.1) is 13.8 Å². The van der Waals surface area contributed by atoms with Gasteiger partial charge in [-0.05, 0) is 55.9 Å². The lowest BCUT2D eigenvalue weighted by molar-refractivity contribution is -0.121. The molecule has 2 aromatic rings. The van der Waals surface area contributed by atoms with E-state index in [9.17, 15) is 4.79 Å². The molecule has 0 fully saturated rings. The van der Waals surface area contributed by atoms with Gasteiger partial charge in [-0.3, -0.25) is 10.1 Å². The van der Waals surface area contributed by atoms with Crippen LogP contribution in [0.4, 0.5) is 5.69 Å². The molecule has 2 N–H and O–H groups in total. The Morgan fingerprint density at radius 3 is 2.67 bits per heavy atom. The molecule has 0 saturated heterocycles. The van der Waals surface area contributed by atoms with Crippen LogP contribution in [0.15, 0.2) is 40.9 Å². The third-order valence-electron chi connectivity index (χ3n) is 3.14. The van der Waals surface area contributed by atoms with E-state index in [-0.39, 0.29) is 17.6 Å². The molecule has 2 aromatic carbocycles. The zero-order valence-corrected chi connectivity index (χ0v) is 16.3. The Hall–Kier alpha value is -1.63. The Bertz CT molecular complexity index is 783. The Labute approximate surface area is 159 Å². The molecule has 7 heteroatoms. The van der Waals surface area contributed by atoms with Crippen molar-refractivity contribution in [3.8, 4) is 5.75 Å². The Kier molecular flexibility index (Phi) is 6.60. The molecular formula is C17H16BrClN2O2S. The molecular weight excluding hydrogens is 412 g/mol. The van der Waals surface area contributed by atoms with Crippen molar-refractivity contribution < 1.29 is 9.53 Å². The van der Waals surface area contributed by atoms with Crippen LogP contribution in [-0.2, 0) is 4.79 Å². The summed E-state index contributed by atoms with van der Waals surface area (Å²) in [6.45, 7) is 3.80. The number of nitrogens with one attached hydrogen (secondary N) is 2. The molecule has 126 valence electrons. The number of hydrogen-bond acceptors (Lipinski definition) is 3. The van der Waals surface area contributed by atoms with E-state index in [2.05, 4.69) is 26.6 Å². The summed E-state index contributed by atoms with van der Waals surface area (Å²) in [5.74, 6) is 0.0690. The summed E-state index contributed by atoms with van der Waals surface area (Å²) < 4.78 is 6.23. The van der Waals surface area contributed by atoms with Crippen molar-refractivity contribution >= 4 is 56.5 Å². The first-order valence-corrected chi connectivity index (χ1v) is 8.69. The Morgan fingerprint density at radius 2 is 2.00 bits per heavy atom. The van der Waals surface area contributed by atoms with Crippen LogP contribution in [0.5, 0.6) is 5.75 Å². The maximum atomic E-state index is 11.9. The van der Waals surface area contributed by atoms with E-state index in [1.54, 1.807) is 18.2 Å². The lowest BCUT2D eigenvalue weighted by Crippen LogP contribution is -2.37. The molecule has 0 unspecified atom stereocenters. The fraction of sp³-hybridized carbons (Fsp3) is 0.176. The quantitative estimate of drug-likeness (QED) is 0.700. The van der Waals surface area contributed by atoms with Crippen molar-refractivity contribution in [3.05, 3.63) is 57.0 Å². The first-order chi connectivity index (χ1) is 11.3. The van der Waals surface area contributed by atoms with Crippen LogP contribution < -0.4 is 15.4 Å².